The number of aliphatic hydroxyl groups is 1. The first-order valence-electron chi connectivity index (χ1n) is 6.83. The summed E-state index contributed by atoms with van der Waals surface area (Å²) in [5.41, 5.74) is 1.59. The molecule has 0 radical (unpaired) electrons. The molecule has 1 aliphatic heterocycles. The summed E-state index contributed by atoms with van der Waals surface area (Å²) in [6, 6.07) is 12.0. The number of aldehydes is 1. The fourth-order valence-corrected chi connectivity index (χ4v) is 2.66. The molecule has 0 saturated heterocycles. The van der Waals surface area contributed by atoms with E-state index in [0.29, 0.717) is 12.1 Å². The van der Waals surface area contributed by atoms with Crippen LogP contribution in [0.3, 0.4) is 0 Å². The highest BCUT2D eigenvalue weighted by atomic mass is 16.3. The van der Waals surface area contributed by atoms with E-state index in [4.69, 9.17) is 0 Å². The van der Waals surface area contributed by atoms with Gasteiger partial charge in [0, 0.05) is 6.20 Å². The predicted octanol–water partition coefficient (Wildman–Crippen LogP) is 2.49. The van der Waals surface area contributed by atoms with Crippen molar-refractivity contribution in [1.82, 2.24) is 4.98 Å². The second-order valence-corrected chi connectivity index (χ2v) is 5.05. The number of aliphatic hydroxyl groups excluding tert-OH is 1. The van der Waals surface area contributed by atoms with Crippen LogP contribution in [0.15, 0.2) is 60.0 Å². The Balaban J connectivity index is 2.19. The largest absolute Gasteiger partial charge is 0.503 e. The molecule has 0 aliphatic carbocycles. The van der Waals surface area contributed by atoms with Gasteiger partial charge < -0.3 is 5.11 Å². The number of rotatable bonds is 3. The zero-order valence-electron chi connectivity index (χ0n) is 11.9. The topological polar surface area (TPSA) is 70.5 Å². The first kappa shape index (κ1) is 14.0. The van der Waals surface area contributed by atoms with Gasteiger partial charge in [0.1, 0.15) is 5.82 Å². The van der Waals surface area contributed by atoms with Gasteiger partial charge in [0.15, 0.2) is 12.0 Å². The average molecular weight is 294 g/mol. The third-order valence-electron chi connectivity index (χ3n) is 3.70. The van der Waals surface area contributed by atoms with Gasteiger partial charge >= 0.3 is 0 Å². The van der Waals surface area contributed by atoms with Crippen molar-refractivity contribution >= 4 is 18.0 Å². The summed E-state index contributed by atoms with van der Waals surface area (Å²) in [5.74, 6) is -0.698. The van der Waals surface area contributed by atoms with Gasteiger partial charge in [-0.1, -0.05) is 36.4 Å². The molecule has 1 aromatic carbocycles. The lowest BCUT2D eigenvalue weighted by molar-refractivity contribution is -0.117. The Morgan fingerprint density at radius 2 is 1.91 bits per heavy atom. The van der Waals surface area contributed by atoms with Gasteiger partial charge in [-0.25, -0.2) is 4.98 Å². The molecule has 1 atom stereocenters. The molecule has 0 saturated carbocycles. The molecule has 0 spiro atoms. The molecular weight excluding hydrogens is 280 g/mol. The molecule has 5 heteroatoms. The molecule has 1 amide bonds. The zero-order valence-corrected chi connectivity index (χ0v) is 11.9. The van der Waals surface area contributed by atoms with E-state index in [0.717, 1.165) is 11.1 Å². The third kappa shape index (κ3) is 2.07. The van der Waals surface area contributed by atoms with Crippen molar-refractivity contribution in [3.63, 3.8) is 0 Å². The number of nitrogens with zero attached hydrogens (tertiary/aromatic N) is 2. The van der Waals surface area contributed by atoms with Crippen molar-refractivity contribution in [3.05, 3.63) is 71.1 Å². The third-order valence-corrected chi connectivity index (χ3v) is 3.70. The van der Waals surface area contributed by atoms with Crippen LogP contribution in [-0.4, -0.2) is 22.3 Å². The number of anilines is 1. The highest BCUT2D eigenvalue weighted by Crippen LogP contribution is 2.39. The average Bonchev–Trinajstić information content (AvgIpc) is 2.80. The highest BCUT2D eigenvalue weighted by molar-refractivity contribution is 6.12. The Morgan fingerprint density at radius 1 is 1.18 bits per heavy atom. The van der Waals surface area contributed by atoms with E-state index in [1.54, 1.807) is 12.3 Å². The van der Waals surface area contributed by atoms with Crippen LogP contribution < -0.4 is 4.90 Å². The lowest BCUT2D eigenvalue weighted by Gasteiger charge is -2.26. The van der Waals surface area contributed by atoms with Gasteiger partial charge in [0.2, 0.25) is 0 Å². The fourth-order valence-electron chi connectivity index (χ4n) is 2.66. The summed E-state index contributed by atoms with van der Waals surface area (Å²) < 4.78 is 0. The first-order valence-corrected chi connectivity index (χ1v) is 6.83. The van der Waals surface area contributed by atoms with Gasteiger partial charge in [-0.3, -0.25) is 14.5 Å². The Bertz CT molecular complexity index is 768. The maximum absolute atomic E-state index is 12.4. The van der Waals surface area contributed by atoms with Crippen molar-refractivity contribution in [2.75, 3.05) is 4.90 Å². The number of hydrogen-bond donors (Lipinski definition) is 1. The number of aryl methyl sites for hydroxylation is 1. The lowest BCUT2D eigenvalue weighted by atomic mass is 10.00. The normalized spacial score (nSPS) is 18.0. The molecule has 2 heterocycles. The Kier molecular flexibility index (Phi) is 3.47. The summed E-state index contributed by atoms with van der Waals surface area (Å²) in [5, 5.41) is 10.0. The van der Waals surface area contributed by atoms with Crippen LogP contribution in [0.5, 0.6) is 0 Å². The molecule has 1 aliphatic rings. The number of benzene rings is 1. The van der Waals surface area contributed by atoms with Gasteiger partial charge in [-0.15, -0.1) is 0 Å². The van der Waals surface area contributed by atoms with Crippen LogP contribution in [0, 0.1) is 6.92 Å². The minimum Gasteiger partial charge on any atom is -0.503 e. The molecule has 110 valence electrons. The molecule has 1 aromatic heterocycles. The first-order chi connectivity index (χ1) is 10.6. The molecule has 2 aromatic rings. The van der Waals surface area contributed by atoms with Gasteiger partial charge in [0.25, 0.3) is 5.91 Å². The summed E-state index contributed by atoms with van der Waals surface area (Å²) in [4.78, 5) is 29.4. The molecule has 1 unspecified atom stereocenters. The molecule has 0 bridgehead atoms. The quantitative estimate of drug-likeness (QED) is 0.883. The predicted molar refractivity (Wildman–Crippen MR) is 81.4 cm³/mol. The molecular formula is C17H14N2O3. The number of pyridine rings is 1. The Hall–Kier alpha value is -2.95. The van der Waals surface area contributed by atoms with Crippen LogP contribution in [0.2, 0.25) is 0 Å². The van der Waals surface area contributed by atoms with Crippen molar-refractivity contribution < 1.29 is 14.7 Å². The summed E-state index contributed by atoms with van der Waals surface area (Å²) in [6.45, 7) is 1.83. The zero-order chi connectivity index (χ0) is 15.7. The standard InChI is InChI=1S/C17H14N2O3/c1-11-6-5-9-18-16(11)19-14(12-7-3-2-4-8-12)13(10-20)15(21)17(19)22/h2-10,14,21H,1H3. The van der Waals surface area contributed by atoms with Crippen molar-refractivity contribution in [2.24, 2.45) is 0 Å². The second-order valence-electron chi connectivity index (χ2n) is 5.05. The number of aromatic nitrogens is 1. The molecule has 22 heavy (non-hydrogen) atoms. The molecule has 0 fully saturated rings. The van der Waals surface area contributed by atoms with Crippen LogP contribution in [0.25, 0.3) is 0 Å². The van der Waals surface area contributed by atoms with Gasteiger partial charge in [-0.05, 0) is 24.1 Å². The van der Waals surface area contributed by atoms with Crippen LogP contribution >= 0.6 is 0 Å². The number of carbonyl (C=O) groups is 2. The van der Waals surface area contributed by atoms with Crippen molar-refractivity contribution in [2.45, 2.75) is 13.0 Å². The smallest absolute Gasteiger partial charge is 0.295 e. The van der Waals surface area contributed by atoms with E-state index in [2.05, 4.69) is 4.98 Å². The Morgan fingerprint density at radius 3 is 2.55 bits per heavy atom. The minimum atomic E-state index is -0.667. The number of amides is 1. The van der Waals surface area contributed by atoms with Crippen molar-refractivity contribution in [3.8, 4) is 0 Å². The van der Waals surface area contributed by atoms with E-state index in [9.17, 15) is 14.7 Å². The maximum atomic E-state index is 12.4. The van der Waals surface area contributed by atoms with Crippen LogP contribution in [-0.2, 0) is 9.59 Å². The van der Waals surface area contributed by atoms with Crippen LogP contribution in [0.1, 0.15) is 17.2 Å². The number of carbonyl (C=O) groups excluding carboxylic acids is 2. The van der Waals surface area contributed by atoms with Gasteiger partial charge in [0.05, 0.1) is 11.6 Å². The second kappa shape index (κ2) is 5.44. The monoisotopic (exact) mass is 294 g/mol. The van der Waals surface area contributed by atoms with E-state index in [1.165, 1.54) is 4.90 Å². The SMILES string of the molecule is Cc1cccnc1N1C(=O)C(O)=C(C=O)C1c1ccccc1. The minimum absolute atomic E-state index is 0.0567. The fraction of sp³-hybridized carbons (Fsp3) is 0.118. The van der Waals surface area contributed by atoms with E-state index < -0.39 is 17.7 Å². The molecule has 1 N–H and O–H groups in total. The van der Waals surface area contributed by atoms with Crippen molar-refractivity contribution in [1.29, 1.82) is 0 Å². The Labute approximate surface area is 127 Å². The lowest BCUT2D eigenvalue weighted by Crippen LogP contribution is -2.31. The van der Waals surface area contributed by atoms with E-state index in [-0.39, 0.29) is 5.57 Å². The maximum Gasteiger partial charge on any atom is 0.295 e. The van der Waals surface area contributed by atoms with E-state index in [1.807, 2.05) is 43.3 Å². The molecule has 5 nitrogen and oxygen atoms in total. The molecule has 3 rings (SSSR count). The summed E-state index contributed by atoms with van der Waals surface area (Å²) >= 11 is 0. The summed E-state index contributed by atoms with van der Waals surface area (Å²) in [7, 11) is 0. The van der Waals surface area contributed by atoms with E-state index >= 15 is 0 Å². The number of hydrogen-bond acceptors (Lipinski definition) is 4. The van der Waals surface area contributed by atoms with Gasteiger partial charge in [-0.2, -0.15) is 0 Å². The van der Waals surface area contributed by atoms with Crippen LogP contribution in [0.4, 0.5) is 5.82 Å². The highest BCUT2D eigenvalue weighted by Gasteiger charge is 2.42. The summed E-state index contributed by atoms with van der Waals surface area (Å²) in [6.07, 6.45) is 2.11.